The van der Waals surface area contributed by atoms with Gasteiger partial charge in [0.05, 0.1) is 5.39 Å². The van der Waals surface area contributed by atoms with Crippen molar-refractivity contribution in [1.29, 1.82) is 0 Å². The number of hydrogen-bond acceptors (Lipinski definition) is 3. The van der Waals surface area contributed by atoms with Crippen LogP contribution in [0.15, 0.2) is 36.8 Å². The number of nitrogens with one attached hydrogen (secondary N) is 1. The lowest BCUT2D eigenvalue weighted by Crippen LogP contribution is -2.32. The fraction of sp³-hybridized carbons (Fsp3) is 0.333. The third kappa shape index (κ3) is 3.70. The van der Waals surface area contributed by atoms with Crippen molar-refractivity contribution >= 4 is 16.9 Å². The average Bonchev–Trinajstić information content (AvgIpc) is 3.13. The van der Waals surface area contributed by atoms with E-state index in [1.165, 1.54) is 6.07 Å². The van der Waals surface area contributed by atoms with E-state index in [4.69, 9.17) is 6.42 Å². The van der Waals surface area contributed by atoms with Crippen LogP contribution in [-0.4, -0.2) is 28.0 Å². The number of fused-ring (bicyclic) bond motifs is 1. The molecule has 0 saturated carbocycles. The van der Waals surface area contributed by atoms with Crippen LogP contribution in [0.1, 0.15) is 37.3 Å². The number of H-pyrrole nitrogens is 1. The zero-order valence-electron chi connectivity index (χ0n) is 15.2. The van der Waals surface area contributed by atoms with Gasteiger partial charge in [-0.15, -0.1) is 6.42 Å². The number of halogens is 1. The number of hydrogen-bond donors (Lipinski definition) is 1. The summed E-state index contributed by atoms with van der Waals surface area (Å²) in [5.41, 5.74) is 2.52. The largest absolute Gasteiger partial charge is 0.356 e. The quantitative estimate of drug-likeness (QED) is 0.646. The molecule has 0 amide bonds. The molecule has 0 aliphatic rings. The number of aromatic amines is 1. The second-order valence-corrected chi connectivity index (χ2v) is 6.45. The molecule has 3 aromatic rings. The molecule has 0 aliphatic carbocycles. The Morgan fingerprint density at radius 2 is 2.15 bits per heavy atom. The lowest BCUT2D eigenvalue weighted by Gasteiger charge is -2.28. The number of aromatic nitrogens is 3. The minimum atomic E-state index is -0.237. The highest BCUT2D eigenvalue weighted by molar-refractivity contribution is 5.87. The molecule has 0 unspecified atom stereocenters. The monoisotopic (exact) mass is 350 g/mol. The Kier molecular flexibility index (Phi) is 5.52. The maximum absolute atomic E-state index is 13.5. The number of anilines is 1. The first kappa shape index (κ1) is 17.9. The summed E-state index contributed by atoms with van der Waals surface area (Å²) in [6.45, 7) is 2.17. The molecule has 2 heterocycles. The molecule has 5 heteroatoms. The van der Waals surface area contributed by atoms with Crippen molar-refractivity contribution in [2.45, 2.75) is 38.6 Å². The Morgan fingerprint density at radius 1 is 1.31 bits per heavy atom. The van der Waals surface area contributed by atoms with Crippen molar-refractivity contribution in [2.75, 3.05) is 11.9 Å². The van der Waals surface area contributed by atoms with E-state index in [0.29, 0.717) is 6.04 Å². The van der Waals surface area contributed by atoms with Crippen molar-refractivity contribution in [3.63, 3.8) is 0 Å². The molecule has 1 atom stereocenters. The summed E-state index contributed by atoms with van der Waals surface area (Å²) in [5, 5.41) is 1.02. The molecule has 1 N–H and O–H groups in total. The van der Waals surface area contributed by atoms with E-state index in [2.05, 4.69) is 39.7 Å². The van der Waals surface area contributed by atoms with Gasteiger partial charge in [-0.05, 0) is 55.5 Å². The SMILES string of the molecule is C#Cc1ccc(F)cc1CCC[C@H](CC)N(C)c1ncnc2[nH]ccc12. The number of benzene rings is 1. The Morgan fingerprint density at radius 3 is 2.92 bits per heavy atom. The molecule has 134 valence electrons. The van der Waals surface area contributed by atoms with E-state index >= 15 is 0 Å². The van der Waals surface area contributed by atoms with Crippen molar-refractivity contribution in [1.82, 2.24) is 15.0 Å². The van der Waals surface area contributed by atoms with E-state index in [0.717, 1.165) is 53.7 Å². The van der Waals surface area contributed by atoms with Gasteiger partial charge >= 0.3 is 0 Å². The summed E-state index contributed by atoms with van der Waals surface area (Å²) in [4.78, 5) is 14.1. The number of terminal acetylenes is 1. The van der Waals surface area contributed by atoms with E-state index in [1.54, 1.807) is 18.5 Å². The third-order valence-electron chi connectivity index (χ3n) is 4.89. The molecule has 0 spiro atoms. The van der Waals surface area contributed by atoms with Gasteiger partial charge in [-0.25, -0.2) is 14.4 Å². The zero-order valence-corrected chi connectivity index (χ0v) is 15.2. The van der Waals surface area contributed by atoms with Crippen LogP contribution in [0.25, 0.3) is 11.0 Å². The Balaban J connectivity index is 1.69. The van der Waals surface area contributed by atoms with Crippen LogP contribution in [0, 0.1) is 18.2 Å². The Bertz CT molecular complexity index is 925. The van der Waals surface area contributed by atoms with Gasteiger partial charge in [0.25, 0.3) is 0 Å². The smallest absolute Gasteiger partial charge is 0.142 e. The molecule has 0 radical (unpaired) electrons. The molecule has 1 aromatic carbocycles. The number of rotatable bonds is 7. The summed E-state index contributed by atoms with van der Waals surface area (Å²) in [5.74, 6) is 3.33. The van der Waals surface area contributed by atoms with Crippen LogP contribution in [-0.2, 0) is 6.42 Å². The fourth-order valence-corrected chi connectivity index (χ4v) is 3.42. The van der Waals surface area contributed by atoms with E-state index in [9.17, 15) is 4.39 Å². The predicted octanol–water partition coefficient (Wildman–Crippen LogP) is 4.32. The number of aryl methyl sites for hydroxylation is 1. The summed E-state index contributed by atoms with van der Waals surface area (Å²) in [6.07, 6.45) is 12.7. The van der Waals surface area contributed by atoms with Gasteiger partial charge in [-0.1, -0.05) is 12.8 Å². The highest BCUT2D eigenvalue weighted by Gasteiger charge is 2.17. The summed E-state index contributed by atoms with van der Waals surface area (Å²) in [6, 6.07) is 6.98. The lowest BCUT2D eigenvalue weighted by molar-refractivity contribution is 0.538. The molecule has 26 heavy (non-hydrogen) atoms. The third-order valence-corrected chi connectivity index (χ3v) is 4.89. The predicted molar refractivity (Wildman–Crippen MR) is 104 cm³/mol. The van der Waals surface area contributed by atoms with Crippen LogP contribution in [0.5, 0.6) is 0 Å². The zero-order chi connectivity index (χ0) is 18.5. The van der Waals surface area contributed by atoms with Crippen molar-refractivity contribution in [3.8, 4) is 12.3 Å². The molecule has 0 fully saturated rings. The van der Waals surface area contributed by atoms with Gasteiger partial charge < -0.3 is 9.88 Å². The van der Waals surface area contributed by atoms with Crippen molar-refractivity contribution in [2.24, 2.45) is 0 Å². The fourth-order valence-electron chi connectivity index (χ4n) is 3.42. The highest BCUT2D eigenvalue weighted by atomic mass is 19.1. The standard InChI is InChI=1S/C21H23FN4/c1-4-15-9-10-17(22)13-16(15)7-6-8-18(5-2)26(3)21-19-11-12-23-20(19)24-14-25-21/h1,9-14,18H,5-8H2,2-3H3,(H,23,24,25)/t18-/m0/s1. The van der Waals surface area contributed by atoms with Crippen LogP contribution in [0.3, 0.4) is 0 Å². The maximum atomic E-state index is 13.5. The number of nitrogens with zero attached hydrogens (tertiary/aromatic N) is 3. The van der Waals surface area contributed by atoms with E-state index < -0.39 is 0 Å². The van der Waals surface area contributed by atoms with Crippen molar-refractivity contribution < 1.29 is 4.39 Å². The van der Waals surface area contributed by atoms with Gasteiger partial charge in [-0.2, -0.15) is 0 Å². The molecule has 3 rings (SSSR count). The second-order valence-electron chi connectivity index (χ2n) is 6.45. The van der Waals surface area contributed by atoms with Gasteiger partial charge in [0.15, 0.2) is 0 Å². The van der Waals surface area contributed by atoms with Crippen LogP contribution in [0.2, 0.25) is 0 Å². The minimum Gasteiger partial charge on any atom is -0.356 e. The Hall–Kier alpha value is -2.87. The first-order valence-corrected chi connectivity index (χ1v) is 8.90. The van der Waals surface area contributed by atoms with Crippen LogP contribution in [0.4, 0.5) is 10.2 Å². The molecule has 0 saturated heterocycles. The topological polar surface area (TPSA) is 44.8 Å². The minimum absolute atomic E-state index is 0.237. The molecule has 0 aliphatic heterocycles. The van der Waals surface area contributed by atoms with E-state index in [1.807, 2.05) is 12.3 Å². The lowest BCUT2D eigenvalue weighted by atomic mass is 9.99. The van der Waals surface area contributed by atoms with Crippen LogP contribution >= 0.6 is 0 Å². The average molecular weight is 350 g/mol. The van der Waals surface area contributed by atoms with Gasteiger partial charge in [0, 0.05) is 24.8 Å². The molecular weight excluding hydrogens is 327 g/mol. The highest BCUT2D eigenvalue weighted by Crippen LogP contribution is 2.25. The Labute approximate surface area is 153 Å². The molecular formula is C21H23FN4. The first-order valence-electron chi connectivity index (χ1n) is 8.90. The van der Waals surface area contributed by atoms with Crippen LogP contribution < -0.4 is 4.90 Å². The molecule has 4 nitrogen and oxygen atoms in total. The second kappa shape index (κ2) is 8.01. The summed E-state index contributed by atoms with van der Waals surface area (Å²) < 4.78 is 13.5. The first-order chi connectivity index (χ1) is 12.6. The summed E-state index contributed by atoms with van der Waals surface area (Å²) >= 11 is 0. The van der Waals surface area contributed by atoms with Crippen molar-refractivity contribution in [3.05, 3.63) is 53.7 Å². The maximum Gasteiger partial charge on any atom is 0.142 e. The van der Waals surface area contributed by atoms with E-state index in [-0.39, 0.29) is 5.82 Å². The normalized spacial score (nSPS) is 12.1. The van der Waals surface area contributed by atoms with Gasteiger partial charge in [0.2, 0.25) is 0 Å². The molecule has 2 aromatic heterocycles. The van der Waals surface area contributed by atoms with Gasteiger partial charge in [0.1, 0.15) is 23.6 Å². The van der Waals surface area contributed by atoms with Gasteiger partial charge in [-0.3, -0.25) is 0 Å². The summed E-state index contributed by atoms with van der Waals surface area (Å²) in [7, 11) is 2.07. The molecule has 0 bridgehead atoms.